The number of amidine groups is 1. The van der Waals surface area contributed by atoms with Crippen molar-refractivity contribution in [2.75, 3.05) is 23.5 Å². The van der Waals surface area contributed by atoms with E-state index in [0.29, 0.717) is 15.9 Å². The molecule has 2 aliphatic rings. The minimum absolute atomic E-state index is 0.0486. The van der Waals surface area contributed by atoms with Crippen molar-refractivity contribution in [2.24, 2.45) is 4.99 Å². The normalized spacial score (nSPS) is 23.9. The minimum Gasteiger partial charge on any atom is -0.496 e. The molecular formula is C20H19ClN2O4S2. The number of amides is 1. The number of thioether (sulfide) groups is 1. The SMILES string of the molecule is COc1ccccc1CC(=O)N=C1S[C@@H]2CS(=O)(=O)C[C@@H]2N1c1ccc(Cl)cc1. The molecule has 2 heterocycles. The lowest BCUT2D eigenvalue weighted by molar-refractivity contribution is -0.117. The topological polar surface area (TPSA) is 76.0 Å². The molecule has 2 atom stereocenters. The van der Waals surface area contributed by atoms with Gasteiger partial charge in [0.05, 0.1) is 31.1 Å². The van der Waals surface area contributed by atoms with Crippen LogP contribution in [0, 0.1) is 0 Å². The number of para-hydroxylation sites is 1. The van der Waals surface area contributed by atoms with Gasteiger partial charge in [-0.1, -0.05) is 41.6 Å². The van der Waals surface area contributed by atoms with Crippen LogP contribution in [0.1, 0.15) is 5.56 Å². The molecule has 0 spiro atoms. The van der Waals surface area contributed by atoms with Crippen molar-refractivity contribution in [1.29, 1.82) is 0 Å². The van der Waals surface area contributed by atoms with E-state index < -0.39 is 9.84 Å². The number of carbonyl (C=O) groups is 1. The third-order valence-corrected chi connectivity index (χ3v) is 8.39. The van der Waals surface area contributed by atoms with Gasteiger partial charge in [0.1, 0.15) is 5.75 Å². The molecule has 9 heteroatoms. The van der Waals surface area contributed by atoms with Crippen LogP contribution in [0.25, 0.3) is 0 Å². The first-order valence-corrected chi connectivity index (χ1v) is 12.1. The van der Waals surface area contributed by atoms with Crippen molar-refractivity contribution in [3.8, 4) is 5.75 Å². The van der Waals surface area contributed by atoms with Gasteiger partial charge in [-0.05, 0) is 30.3 Å². The van der Waals surface area contributed by atoms with Crippen molar-refractivity contribution in [3.63, 3.8) is 0 Å². The van der Waals surface area contributed by atoms with Crippen molar-refractivity contribution < 1.29 is 17.9 Å². The van der Waals surface area contributed by atoms with Crippen LogP contribution in [0.2, 0.25) is 5.02 Å². The molecule has 152 valence electrons. The molecule has 0 saturated carbocycles. The van der Waals surface area contributed by atoms with E-state index in [-0.39, 0.29) is 35.1 Å². The Hall–Kier alpha value is -2.03. The summed E-state index contributed by atoms with van der Waals surface area (Å²) in [4.78, 5) is 18.9. The van der Waals surface area contributed by atoms with Crippen LogP contribution in [0.3, 0.4) is 0 Å². The summed E-state index contributed by atoms with van der Waals surface area (Å²) >= 11 is 7.35. The van der Waals surface area contributed by atoms with Crippen molar-refractivity contribution in [1.82, 2.24) is 0 Å². The number of rotatable bonds is 4. The van der Waals surface area contributed by atoms with Crippen LogP contribution in [-0.4, -0.2) is 49.4 Å². The van der Waals surface area contributed by atoms with E-state index in [0.717, 1.165) is 11.3 Å². The number of fused-ring (bicyclic) bond motifs is 1. The fourth-order valence-electron chi connectivity index (χ4n) is 3.63. The molecule has 29 heavy (non-hydrogen) atoms. The van der Waals surface area contributed by atoms with E-state index in [9.17, 15) is 13.2 Å². The molecule has 0 radical (unpaired) electrons. The zero-order valence-corrected chi connectivity index (χ0v) is 18.0. The number of hydrogen-bond donors (Lipinski definition) is 0. The van der Waals surface area contributed by atoms with E-state index >= 15 is 0 Å². The average Bonchev–Trinajstić information content (AvgIpc) is 3.13. The van der Waals surface area contributed by atoms with Gasteiger partial charge in [0.2, 0.25) is 0 Å². The zero-order chi connectivity index (χ0) is 20.6. The fourth-order valence-corrected chi connectivity index (χ4v) is 7.68. The molecule has 2 fully saturated rings. The molecule has 2 aliphatic heterocycles. The lowest BCUT2D eigenvalue weighted by atomic mass is 10.1. The van der Waals surface area contributed by atoms with Gasteiger partial charge in [-0.25, -0.2) is 8.42 Å². The molecule has 2 aromatic rings. The first kappa shape index (κ1) is 20.3. The molecule has 0 aliphatic carbocycles. The number of carbonyl (C=O) groups excluding carboxylic acids is 1. The van der Waals surface area contributed by atoms with Crippen LogP contribution in [-0.2, 0) is 21.1 Å². The van der Waals surface area contributed by atoms with E-state index in [1.54, 1.807) is 25.3 Å². The maximum atomic E-state index is 12.7. The zero-order valence-electron chi connectivity index (χ0n) is 15.6. The highest BCUT2D eigenvalue weighted by atomic mass is 35.5. The van der Waals surface area contributed by atoms with E-state index in [4.69, 9.17) is 16.3 Å². The van der Waals surface area contributed by atoms with Gasteiger partial charge >= 0.3 is 0 Å². The van der Waals surface area contributed by atoms with Gasteiger partial charge < -0.3 is 9.64 Å². The van der Waals surface area contributed by atoms with Gasteiger partial charge in [-0.2, -0.15) is 4.99 Å². The highest BCUT2D eigenvalue weighted by molar-refractivity contribution is 8.16. The summed E-state index contributed by atoms with van der Waals surface area (Å²) in [6, 6.07) is 14.2. The number of hydrogen-bond acceptors (Lipinski definition) is 5. The van der Waals surface area contributed by atoms with Crippen molar-refractivity contribution in [3.05, 3.63) is 59.1 Å². The highest BCUT2D eigenvalue weighted by Crippen LogP contribution is 2.41. The lowest BCUT2D eigenvalue weighted by Gasteiger charge is -2.24. The molecule has 0 N–H and O–H groups in total. The summed E-state index contributed by atoms with van der Waals surface area (Å²) in [5, 5.41) is 0.965. The molecule has 0 aromatic heterocycles. The number of sulfone groups is 1. The van der Waals surface area contributed by atoms with Crippen LogP contribution in [0.5, 0.6) is 5.75 Å². The number of benzene rings is 2. The summed E-state index contributed by atoms with van der Waals surface area (Å²) in [5.74, 6) is 0.468. The number of anilines is 1. The lowest BCUT2D eigenvalue weighted by Crippen LogP contribution is -2.37. The third-order valence-electron chi connectivity index (χ3n) is 4.93. The average molecular weight is 451 g/mol. The van der Waals surface area contributed by atoms with Gasteiger partial charge in [0, 0.05) is 21.5 Å². The van der Waals surface area contributed by atoms with Gasteiger partial charge in [-0.3, -0.25) is 4.79 Å². The van der Waals surface area contributed by atoms with E-state index in [2.05, 4.69) is 4.99 Å². The smallest absolute Gasteiger partial charge is 0.252 e. The number of nitrogens with zero attached hydrogens (tertiary/aromatic N) is 2. The Morgan fingerprint density at radius 2 is 1.93 bits per heavy atom. The number of halogens is 1. The molecule has 0 bridgehead atoms. The maximum absolute atomic E-state index is 12.7. The largest absolute Gasteiger partial charge is 0.496 e. The van der Waals surface area contributed by atoms with E-state index in [1.165, 1.54) is 11.8 Å². The molecule has 1 amide bonds. The fraction of sp³-hybridized carbons (Fsp3) is 0.300. The number of aliphatic imine (C=N–C) groups is 1. The monoisotopic (exact) mass is 450 g/mol. The predicted molar refractivity (Wildman–Crippen MR) is 117 cm³/mol. The molecule has 0 unspecified atom stereocenters. The molecule has 4 rings (SSSR count). The van der Waals surface area contributed by atoms with Crippen molar-refractivity contribution in [2.45, 2.75) is 17.7 Å². The summed E-state index contributed by atoms with van der Waals surface area (Å²) in [5.41, 5.74) is 1.53. The highest BCUT2D eigenvalue weighted by Gasteiger charge is 2.49. The summed E-state index contributed by atoms with van der Waals surface area (Å²) < 4.78 is 29.6. The Morgan fingerprint density at radius 1 is 1.21 bits per heavy atom. The van der Waals surface area contributed by atoms with Crippen molar-refractivity contribution >= 4 is 50.0 Å². The standard InChI is InChI=1S/C20H19ClN2O4S2/c1-27-17-5-3-2-4-13(17)10-19(24)22-20-23(15-8-6-14(21)7-9-15)16-11-29(25,26)12-18(16)28-20/h2-9,16,18H,10-12H2,1H3/t16-,18+/m0/s1. The summed E-state index contributed by atoms with van der Waals surface area (Å²) in [6.45, 7) is 0. The Labute approximate surface area is 178 Å². The Kier molecular flexibility index (Phi) is 5.59. The van der Waals surface area contributed by atoms with Gasteiger partial charge in [0.25, 0.3) is 5.91 Å². The van der Waals surface area contributed by atoms with Gasteiger partial charge in [0.15, 0.2) is 15.0 Å². The molecule has 6 nitrogen and oxygen atoms in total. The quantitative estimate of drug-likeness (QED) is 0.712. The molecular weight excluding hydrogens is 432 g/mol. The Balaban J connectivity index is 1.64. The van der Waals surface area contributed by atoms with Crippen LogP contribution >= 0.6 is 23.4 Å². The second kappa shape index (κ2) is 8.01. The first-order chi connectivity index (χ1) is 13.9. The number of ether oxygens (including phenoxy) is 1. The van der Waals surface area contributed by atoms with Crippen LogP contribution < -0.4 is 9.64 Å². The summed E-state index contributed by atoms with van der Waals surface area (Å²) in [6.07, 6.45) is 0.107. The van der Waals surface area contributed by atoms with Gasteiger partial charge in [-0.15, -0.1) is 0 Å². The predicted octanol–water partition coefficient (Wildman–Crippen LogP) is 3.19. The number of methoxy groups -OCH3 is 1. The summed E-state index contributed by atoms with van der Waals surface area (Å²) in [7, 11) is -1.55. The maximum Gasteiger partial charge on any atom is 0.252 e. The second-order valence-corrected chi connectivity index (χ2v) is 10.7. The third kappa shape index (κ3) is 4.29. The molecule has 2 saturated heterocycles. The Morgan fingerprint density at radius 3 is 2.66 bits per heavy atom. The Bertz CT molecular complexity index is 1070. The van der Waals surface area contributed by atoms with E-state index in [1.807, 2.05) is 35.2 Å². The van der Waals surface area contributed by atoms with Crippen LogP contribution in [0.15, 0.2) is 53.5 Å². The van der Waals surface area contributed by atoms with Crippen LogP contribution in [0.4, 0.5) is 5.69 Å². The first-order valence-electron chi connectivity index (χ1n) is 9.01. The molecule has 2 aromatic carbocycles. The second-order valence-electron chi connectivity index (χ2n) is 6.92. The minimum atomic E-state index is -3.11.